The van der Waals surface area contributed by atoms with Crippen LogP contribution in [0.2, 0.25) is 0 Å². The Bertz CT molecular complexity index is 358. The Morgan fingerprint density at radius 3 is 2.42 bits per heavy atom. The van der Waals surface area contributed by atoms with Crippen molar-refractivity contribution in [2.75, 3.05) is 33.9 Å². The van der Waals surface area contributed by atoms with Crippen molar-refractivity contribution in [1.29, 1.82) is 0 Å². The van der Waals surface area contributed by atoms with Gasteiger partial charge in [-0.3, -0.25) is 4.90 Å². The summed E-state index contributed by atoms with van der Waals surface area (Å²) in [5.41, 5.74) is 0.457. The molecule has 0 saturated heterocycles. The number of benzene rings is 1. The topological polar surface area (TPSA) is 62.2 Å². The Kier molecular flexibility index (Phi) is 6.87. The maximum atomic E-state index is 8.97. The number of hydrogen-bond donors (Lipinski definition) is 2. The van der Waals surface area contributed by atoms with E-state index in [-0.39, 0.29) is 0 Å². The summed E-state index contributed by atoms with van der Waals surface area (Å²) >= 11 is 0. The summed E-state index contributed by atoms with van der Waals surface area (Å²) in [4.78, 5) is 2.16. The molecule has 0 amide bonds. The monoisotopic (exact) mass is 267 g/mol. The minimum Gasteiger partial charge on any atom is -0.492 e. The molecule has 19 heavy (non-hydrogen) atoms. The van der Waals surface area contributed by atoms with E-state index in [4.69, 9.17) is 19.5 Å². The molecular weight excluding hydrogens is 245 g/mol. The Morgan fingerprint density at radius 1 is 1.26 bits per heavy atom. The van der Waals surface area contributed by atoms with E-state index in [1.165, 1.54) is 0 Å². The standard InChI is InChI=1S/C13H22BNO4/c1-11(10-18-3)15(2)8-9-19-13-6-4-12(5-7-13)14(16)17/h4-7,11,16-17H,8-10H2,1-3H3. The van der Waals surface area contributed by atoms with Gasteiger partial charge in [0.05, 0.1) is 6.61 Å². The van der Waals surface area contributed by atoms with Gasteiger partial charge >= 0.3 is 7.12 Å². The Labute approximate surface area is 114 Å². The van der Waals surface area contributed by atoms with Crippen LogP contribution in [0.4, 0.5) is 0 Å². The fourth-order valence-electron chi connectivity index (χ4n) is 1.63. The molecule has 1 unspecified atom stereocenters. The molecule has 0 radical (unpaired) electrons. The molecule has 0 spiro atoms. The number of nitrogens with zero attached hydrogens (tertiary/aromatic N) is 1. The van der Waals surface area contributed by atoms with Crippen molar-refractivity contribution >= 4 is 12.6 Å². The smallest absolute Gasteiger partial charge is 0.488 e. The summed E-state index contributed by atoms with van der Waals surface area (Å²) in [5.74, 6) is 0.720. The summed E-state index contributed by atoms with van der Waals surface area (Å²) < 4.78 is 10.7. The molecule has 0 bridgehead atoms. The first-order chi connectivity index (χ1) is 9.04. The minimum absolute atomic E-state index is 0.348. The maximum absolute atomic E-state index is 8.97. The second-order valence-corrected chi connectivity index (χ2v) is 4.58. The summed E-state index contributed by atoms with van der Waals surface area (Å²) in [5, 5.41) is 17.9. The maximum Gasteiger partial charge on any atom is 0.488 e. The molecule has 0 fully saturated rings. The third-order valence-corrected chi connectivity index (χ3v) is 3.05. The molecule has 0 aliphatic heterocycles. The van der Waals surface area contributed by atoms with Crippen LogP contribution < -0.4 is 10.2 Å². The normalized spacial score (nSPS) is 12.5. The van der Waals surface area contributed by atoms with E-state index < -0.39 is 7.12 Å². The molecular formula is C13H22BNO4. The predicted octanol–water partition coefficient (Wildman–Crippen LogP) is -0.288. The van der Waals surface area contributed by atoms with Gasteiger partial charge in [0, 0.05) is 19.7 Å². The Balaban J connectivity index is 2.32. The fourth-order valence-corrected chi connectivity index (χ4v) is 1.63. The van der Waals surface area contributed by atoms with Gasteiger partial charge in [-0.05, 0) is 31.6 Å². The first-order valence-corrected chi connectivity index (χ1v) is 6.32. The predicted molar refractivity (Wildman–Crippen MR) is 75.7 cm³/mol. The van der Waals surface area contributed by atoms with E-state index in [0.717, 1.165) is 12.3 Å². The van der Waals surface area contributed by atoms with Crippen molar-refractivity contribution in [3.63, 3.8) is 0 Å². The van der Waals surface area contributed by atoms with Gasteiger partial charge in [-0.25, -0.2) is 0 Å². The van der Waals surface area contributed by atoms with E-state index in [1.54, 1.807) is 31.4 Å². The average Bonchev–Trinajstić information content (AvgIpc) is 2.39. The van der Waals surface area contributed by atoms with Gasteiger partial charge in [-0.2, -0.15) is 0 Å². The van der Waals surface area contributed by atoms with E-state index in [2.05, 4.69) is 11.8 Å². The van der Waals surface area contributed by atoms with Crippen LogP contribution in [-0.4, -0.2) is 62.0 Å². The third kappa shape index (κ3) is 5.61. The summed E-state index contributed by atoms with van der Waals surface area (Å²) in [6, 6.07) is 7.08. The van der Waals surface area contributed by atoms with Crippen LogP contribution in [0.5, 0.6) is 5.75 Å². The summed E-state index contributed by atoms with van der Waals surface area (Å²) in [6.45, 7) is 4.17. The number of hydrogen-bond acceptors (Lipinski definition) is 5. The largest absolute Gasteiger partial charge is 0.492 e. The highest BCUT2D eigenvalue weighted by atomic mass is 16.5. The first-order valence-electron chi connectivity index (χ1n) is 6.32. The van der Waals surface area contributed by atoms with Gasteiger partial charge in [0.25, 0.3) is 0 Å². The van der Waals surface area contributed by atoms with Crippen molar-refractivity contribution in [1.82, 2.24) is 4.90 Å². The van der Waals surface area contributed by atoms with Crippen LogP contribution in [0.25, 0.3) is 0 Å². The van der Waals surface area contributed by atoms with Crippen molar-refractivity contribution in [3.05, 3.63) is 24.3 Å². The summed E-state index contributed by atoms with van der Waals surface area (Å²) in [7, 11) is 2.28. The molecule has 0 aromatic heterocycles. The molecule has 6 heteroatoms. The van der Waals surface area contributed by atoms with Crippen molar-refractivity contribution in [2.45, 2.75) is 13.0 Å². The first kappa shape index (κ1) is 16.0. The minimum atomic E-state index is -1.44. The second kappa shape index (κ2) is 8.17. The molecule has 1 atom stereocenters. The number of likely N-dealkylation sites (N-methyl/N-ethyl adjacent to an activating group) is 1. The molecule has 0 aliphatic rings. The molecule has 106 valence electrons. The van der Waals surface area contributed by atoms with Crippen LogP contribution in [0.15, 0.2) is 24.3 Å². The highest BCUT2D eigenvalue weighted by Crippen LogP contribution is 2.07. The molecule has 1 aromatic rings. The van der Waals surface area contributed by atoms with Gasteiger partial charge in [-0.15, -0.1) is 0 Å². The lowest BCUT2D eigenvalue weighted by molar-refractivity contribution is 0.105. The lowest BCUT2D eigenvalue weighted by Crippen LogP contribution is -2.35. The molecule has 1 rings (SSSR count). The van der Waals surface area contributed by atoms with Crippen LogP contribution in [0.1, 0.15) is 6.92 Å². The van der Waals surface area contributed by atoms with Crippen LogP contribution in [-0.2, 0) is 4.74 Å². The Morgan fingerprint density at radius 2 is 1.89 bits per heavy atom. The zero-order valence-electron chi connectivity index (χ0n) is 11.7. The van der Waals surface area contributed by atoms with Crippen LogP contribution >= 0.6 is 0 Å². The van der Waals surface area contributed by atoms with Gasteiger partial charge in [0.15, 0.2) is 0 Å². The molecule has 2 N–H and O–H groups in total. The van der Waals surface area contributed by atoms with E-state index >= 15 is 0 Å². The lowest BCUT2D eigenvalue weighted by Gasteiger charge is -2.23. The molecule has 0 heterocycles. The zero-order chi connectivity index (χ0) is 14.3. The molecule has 5 nitrogen and oxygen atoms in total. The lowest BCUT2D eigenvalue weighted by atomic mass is 9.80. The zero-order valence-corrected chi connectivity index (χ0v) is 11.7. The molecule has 1 aromatic carbocycles. The quantitative estimate of drug-likeness (QED) is 0.634. The highest BCUT2D eigenvalue weighted by Gasteiger charge is 2.10. The molecule has 0 saturated carbocycles. The second-order valence-electron chi connectivity index (χ2n) is 4.58. The highest BCUT2D eigenvalue weighted by molar-refractivity contribution is 6.58. The third-order valence-electron chi connectivity index (χ3n) is 3.05. The summed E-state index contributed by atoms with van der Waals surface area (Å²) in [6.07, 6.45) is 0. The number of rotatable bonds is 8. The van der Waals surface area contributed by atoms with E-state index in [9.17, 15) is 0 Å². The number of ether oxygens (including phenoxy) is 2. The van der Waals surface area contributed by atoms with Crippen molar-refractivity contribution < 1.29 is 19.5 Å². The van der Waals surface area contributed by atoms with E-state index in [0.29, 0.717) is 24.7 Å². The SMILES string of the molecule is COCC(C)N(C)CCOc1ccc(B(O)O)cc1. The number of methoxy groups -OCH3 is 1. The van der Waals surface area contributed by atoms with Gasteiger partial charge < -0.3 is 19.5 Å². The van der Waals surface area contributed by atoms with Crippen molar-refractivity contribution in [2.24, 2.45) is 0 Å². The van der Waals surface area contributed by atoms with Gasteiger partial charge in [-0.1, -0.05) is 12.1 Å². The average molecular weight is 267 g/mol. The van der Waals surface area contributed by atoms with E-state index in [1.807, 2.05) is 7.05 Å². The van der Waals surface area contributed by atoms with Gasteiger partial charge in [0.2, 0.25) is 0 Å². The van der Waals surface area contributed by atoms with Crippen LogP contribution in [0.3, 0.4) is 0 Å². The Hall–Kier alpha value is -1.08. The fraction of sp³-hybridized carbons (Fsp3) is 0.538. The van der Waals surface area contributed by atoms with Crippen molar-refractivity contribution in [3.8, 4) is 5.75 Å². The molecule has 0 aliphatic carbocycles. The van der Waals surface area contributed by atoms with Crippen LogP contribution in [0, 0.1) is 0 Å². The van der Waals surface area contributed by atoms with Gasteiger partial charge in [0.1, 0.15) is 12.4 Å².